The number of alkyl halides is 1. The molecular formula is C26H43FO5. The van der Waals surface area contributed by atoms with Crippen molar-refractivity contribution in [1.82, 2.24) is 0 Å². The molecule has 0 aromatic rings. The second kappa shape index (κ2) is 8.81. The van der Waals surface area contributed by atoms with Gasteiger partial charge in [0.2, 0.25) is 0 Å². The Morgan fingerprint density at radius 3 is 2.41 bits per heavy atom. The van der Waals surface area contributed by atoms with Crippen molar-refractivity contribution >= 4 is 5.97 Å². The summed E-state index contributed by atoms with van der Waals surface area (Å²) in [6.45, 7) is 5.79. The number of halogens is 1. The molecule has 4 saturated carbocycles. The highest BCUT2D eigenvalue weighted by molar-refractivity contribution is 5.70. The van der Waals surface area contributed by atoms with E-state index in [1.807, 2.05) is 0 Å². The molecule has 0 radical (unpaired) electrons. The molecule has 5 nitrogen and oxygen atoms in total. The Morgan fingerprint density at radius 1 is 1.06 bits per heavy atom. The Bertz CT molecular complexity index is 702. The molecule has 4 rings (SSSR count). The van der Waals surface area contributed by atoms with E-state index in [-0.39, 0.29) is 52.4 Å². The van der Waals surface area contributed by atoms with Crippen molar-refractivity contribution in [3.63, 3.8) is 0 Å². The second-order valence-electron chi connectivity index (χ2n) is 12.1. The number of aliphatic hydroxyl groups excluding tert-OH is 3. The number of rotatable bonds is 6. The molecule has 0 heterocycles. The third kappa shape index (κ3) is 3.54. The van der Waals surface area contributed by atoms with Crippen LogP contribution in [0.3, 0.4) is 0 Å². The highest BCUT2D eigenvalue weighted by Gasteiger charge is 2.66. The van der Waals surface area contributed by atoms with Crippen molar-refractivity contribution in [2.75, 3.05) is 6.67 Å². The fourth-order valence-electron chi connectivity index (χ4n) is 9.19. The first-order valence-electron chi connectivity index (χ1n) is 12.9. The van der Waals surface area contributed by atoms with Gasteiger partial charge in [-0.2, -0.15) is 0 Å². The highest BCUT2D eigenvalue weighted by Crippen LogP contribution is 2.69. The van der Waals surface area contributed by atoms with Gasteiger partial charge in [-0.05, 0) is 97.7 Å². The Labute approximate surface area is 191 Å². The molecule has 32 heavy (non-hydrogen) atoms. The number of aliphatic carboxylic acids is 1. The number of hydrogen-bond donors (Lipinski definition) is 4. The number of aliphatic hydroxyl groups is 3. The van der Waals surface area contributed by atoms with Gasteiger partial charge in [0.1, 0.15) is 6.67 Å². The number of carbonyl (C=O) groups is 1. The Hall–Kier alpha value is -0.720. The number of carboxylic acids is 1. The number of fused-ring (bicyclic) bond motifs is 5. The van der Waals surface area contributed by atoms with Gasteiger partial charge in [-0.25, -0.2) is 0 Å². The fourth-order valence-corrected chi connectivity index (χ4v) is 9.19. The van der Waals surface area contributed by atoms with Crippen LogP contribution in [0.2, 0.25) is 0 Å². The second-order valence-corrected chi connectivity index (χ2v) is 12.1. The quantitative estimate of drug-likeness (QED) is 0.486. The average molecular weight is 455 g/mol. The molecule has 0 aromatic heterocycles. The summed E-state index contributed by atoms with van der Waals surface area (Å²) in [4.78, 5) is 11.3. The summed E-state index contributed by atoms with van der Waals surface area (Å²) in [5, 5.41) is 42.9. The van der Waals surface area contributed by atoms with E-state index in [4.69, 9.17) is 0 Å². The highest BCUT2D eigenvalue weighted by atomic mass is 19.1. The van der Waals surface area contributed by atoms with E-state index in [2.05, 4.69) is 20.8 Å². The lowest BCUT2D eigenvalue weighted by Gasteiger charge is -2.65. The topological polar surface area (TPSA) is 98.0 Å². The first kappa shape index (κ1) is 24.4. The maximum absolute atomic E-state index is 13.2. The van der Waals surface area contributed by atoms with Crippen LogP contribution < -0.4 is 0 Å². The molecule has 0 saturated heterocycles. The minimum atomic E-state index is -1.08. The van der Waals surface area contributed by atoms with Gasteiger partial charge >= 0.3 is 5.97 Å². The van der Waals surface area contributed by atoms with E-state index in [9.17, 15) is 29.6 Å². The van der Waals surface area contributed by atoms with Crippen molar-refractivity contribution in [1.29, 1.82) is 0 Å². The van der Waals surface area contributed by atoms with E-state index in [1.54, 1.807) is 0 Å². The zero-order chi connectivity index (χ0) is 23.4. The standard InChI is InChI=1S/C26H43FO5/c1-4-17-19-11-16(28)9-10-25(19,2)20-12-21(29)26(3)15(6-5-14(13-27)24(31)32)7-8-18(26)22(20)23(17)30/h14-23,28-30H,4-13H2,1-3H3,(H,31,32)/t14-,15-,16+,17+,18-,19-,20-,21-,22-,23+,25-,26+/m0/s1. The molecule has 0 unspecified atom stereocenters. The Balaban J connectivity index is 1.62. The molecular weight excluding hydrogens is 411 g/mol. The molecule has 4 N–H and O–H groups in total. The van der Waals surface area contributed by atoms with Gasteiger partial charge < -0.3 is 20.4 Å². The maximum atomic E-state index is 13.2. The molecule has 12 atom stereocenters. The largest absolute Gasteiger partial charge is 0.481 e. The van der Waals surface area contributed by atoms with Crippen LogP contribution in [-0.4, -0.2) is 51.4 Å². The van der Waals surface area contributed by atoms with Crippen molar-refractivity contribution in [3.8, 4) is 0 Å². The Morgan fingerprint density at radius 2 is 1.78 bits per heavy atom. The predicted molar refractivity (Wildman–Crippen MR) is 120 cm³/mol. The van der Waals surface area contributed by atoms with Gasteiger partial charge in [-0.3, -0.25) is 9.18 Å². The maximum Gasteiger partial charge on any atom is 0.309 e. The van der Waals surface area contributed by atoms with Gasteiger partial charge in [0.25, 0.3) is 0 Å². The molecule has 0 spiro atoms. The molecule has 4 aliphatic carbocycles. The summed E-state index contributed by atoms with van der Waals surface area (Å²) in [5.74, 6) is -0.882. The summed E-state index contributed by atoms with van der Waals surface area (Å²) < 4.78 is 13.2. The van der Waals surface area contributed by atoms with Gasteiger partial charge in [0.15, 0.2) is 0 Å². The normalized spacial score (nSPS) is 51.4. The van der Waals surface area contributed by atoms with E-state index in [0.717, 1.165) is 38.5 Å². The van der Waals surface area contributed by atoms with E-state index >= 15 is 0 Å². The smallest absolute Gasteiger partial charge is 0.309 e. The van der Waals surface area contributed by atoms with Gasteiger partial charge in [-0.1, -0.05) is 27.2 Å². The summed E-state index contributed by atoms with van der Waals surface area (Å²) in [5.41, 5.74) is -0.343. The predicted octanol–water partition coefficient (Wildman–Crippen LogP) is 4.03. The Kier molecular flexibility index (Phi) is 6.72. The van der Waals surface area contributed by atoms with Crippen LogP contribution in [0.15, 0.2) is 0 Å². The monoisotopic (exact) mass is 454 g/mol. The van der Waals surface area contributed by atoms with Crippen LogP contribution in [0.25, 0.3) is 0 Å². The molecule has 4 aliphatic rings. The van der Waals surface area contributed by atoms with E-state index < -0.39 is 30.8 Å². The molecule has 4 fully saturated rings. The summed E-state index contributed by atoms with van der Waals surface area (Å²) in [6, 6.07) is 0. The lowest BCUT2D eigenvalue weighted by Crippen LogP contribution is -2.64. The first-order valence-corrected chi connectivity index (χ1v) is 12.9. The number of carboxylic acid groups (broad SMARTS) is 1. The molecule has 6 heteroatoms. The van der Waals surface area contributed by atoms with Crippen LogP contribution >= 0.6 is 0 Å². The summed E-state index contributed by atoms with van der Waals surface area (Å²) in [7, 11) is 0. The zero-order valence-electron chi connectivity index (χ0n) is 19.9. The van der Waals surface area contributed by atoms with Gasteiger partial charge in [-0.15, -0.1) is 0 Å². The molecule has 0 aliphatic heterocycles. The van der Waals surface area contributed by atoms with E-state index in [1.165, 1.54) is 0 Å². The van der Waals surface area contributed by atoms with Gasteiger partial charge in [0, 0.05) is 0 Å². The minimum absolute atomic E-state index is 0.0207. The third-order valence-electron chi connectivity index (χ3n) is 11.1. The van der Waals surface area contributed by atoms with Gasteiger partial charge in [0.05, 0.1) is 24.2 Å². The zero-order valence-corrected chi connectivity index (χ0v) is 19.9. The molecule has 184 valence electrons. The number of hydrogen-bond acceptors (Lipinski definition) is 4. The van der Waals surface area contributed by atoms with Crippen molar-refractivity contribution in [3.05, 3.63) is 0 Å². The van der Waals surface area contributed by atoms with Crippen molar-refractivity contribution < 1.29 is 29.6 Å². The lowest BCUT2D eigenvalue weighted by atomic mass is 9.41. The van der Waals surface area contributed by atoms with Crippen LogP contribution in [0, 0.1) is 52.3 Å². The van der Waals surface area contributed by atoms with Crippen molar-refractivity contribution in [2.24, 2.45) is 52.3 Å². The summed E-state index contributed by atoms with van der Waals surface area (Å²) in [6.07, 6.45) is 5.58. The average Bonchev–Trinajstić information content (AvgIpc) is 3.08. The third-order valence-corrected chi connectivity index (χ3v) is 11.1. The summed E-state index contributed by atoms with van der Waals surface area (Å²) >= 11 is 0. The molecule has 0 aromatic carbocycles. The SMILES string of the molecule is CC[C@H]1[C@@H](O)[C@@H]2[C@H](C[C@H](O)[C@]3(C)[C@@H](CC[C@@H](CF)C(=O)O)CC[C@@H]23)[C@@]2(C)CC[C@@H](O)C[C@@H]12. The lowest BCUT2D eigenvalue weighted by molar-refractivity contribution is -0.226. The van der Waals surface area contributed by atoms with Crippen LogP contribution in [0.4, 0.5) is 4.39 Å². The minimum Gasteiger partial charge on any atom is -0.481 e. The molecule has 0 amide bonds. The molecule has 0 bridgehead atoms. The van der Waals surface area contributed by atoms with E-state index in [0.29, 0.717) is 19.3 Å². The fraction of sp³-hybridized carbons (Fsp3) is 0.962. The van der Waals surface area contributed by atoms with Crippen LogP contribution in [-0.2, 0) is 4.79 Å². The van der Waals surface area contributed by atoms with Crippen LogP contribution in [0.5, 0.6) is 0 Å². The van der Waals surface area contributed by atoms with Crippen LogP contribution in [0.1, 0.15) is 78.6 Å². The van der Waals surface area contributed by atoms with Crippen molar-refractivity contribution in [2.45, 2.75) is 96.9 Å². The first-order chi connectivity index (χ1) is 15.1.